The van der Waals surface area contributed by atoms with Gasteiger partial charge in [-0.1, -0.05) is 48.2 Å². The molecular weight excluding hydrogens is 525 g/mol. The van der Waals surface area contributed by atoms with Crippen molar-refractivity contribution < 1.29 is 18.5 Å². The first kappa shape index (κ1) is 26.2. The molecule has 1 fully saturated rings. The Kier molecular flexibility index (Phi) is 7.77. The topological polar surface area (TPSA) is 129 Å². The smallest absolute Gasteiger partial charge is 0.365 e. The number of H-pyrrole nitrogens is 1. The molecular formula is C26H26FN7O4S. The molecule has 0 unspecified atom stereocenters. The van der Waals surface area contributed by atoms with Crippen LogP contribution in [0.15, 0.2) is 69.2 Å². The van der Waals surface area contributed by atoms with Gasteiger partial charge in [0.05, 0.1) is 23.2 Å². The van der Waals surface area contributed by atoms with Gasteiger partial charge in [-0.3, -0.25) is 14.7 Å². The number of carbonyl (C=O) groups is 2. The summed E-state index contributed by atoms with van der Waals surface area (Å²) >= 11 is 1.27. The highest BCUT2D eigenvalue weighted by molar-refractivity contribution is 7.99. The molecule has 0 atom stereocenters. The second-order valence-electron chi connectivity index (χ2n) is 8.88. The number of rotatable bonds is 8. The predicted octanol–water partition coefficient (Wildman–Crippen LogP) is 2.57. The number of aromatic amines is 1. The Hall–Kier alpha value is -4.39. The number of carbonyl (C=O) groups excluding carboxylic acids is 2. The number of amides is 2. The molecule has 1 aliphatic heterocycles. The van der Waals surface area contributed by atoms with Crippen LogP contribution in [0.25, 0.3) is 22.5 Å². The maximum Gasteiger partial charge on any atom is 0.365 e. The van der Waals surface area contributed by atoms with Crippen molar-refractivity contribution in [1.29, 1.82) is 0 Å². The van der Waals surface area contributed by atoms with E-state index < -0.39 is 11.4 Å². The summed E-state index contributed by atoms with van der Waals surface area (Å²) in [5, 5.41) is 10.1. The zero-order chi connectivity index (χ0) is 27.4. The Morgan fingerprint density at radius 3 is 2.59 bits per heavy atom. The van der Waals surface area contributed by atoms with Crippen molar-refractivity contribution in [3.8, 4) is 22.5 Å². The largest absolute Gasteiger partial charge is 0.366 e. The molecule has 2 amide bonds. The van der Waals surface area contributed by atoms with Gasteiger partial charge in [0.1, 0.15) is 12.5 Å². The Morgan fingerprint density at radius 2 is 1.87 bits per heavy atom. The normalized spacial score (nSPS) is 13.5. The van der Waals surface area contributed by atoms with Crippen molar-refractivity contribution in [1.82, 2.24) is 30.1 Å². The van der Waals surface area contributed by atoms with Gasteiger partial charge in [0.15, 0.2) is 5.82 Å². The molecule has 13 heteroatoms. The van der Waals surface area contributed by atoms with Crippen molar-refractivity contribution in [2.24, 2.45) is 0 Å². The van der Waals surface area contributed by atoms with Gasteiger partial charge in [-0.15, -0.1) is 5.10 Å². The monoisotopic (exact) mass is 551 g/mol. The van der Waals surface area contributed by atoms with Crippen LogP contribution in [0.3, 0.4) is 0 Å². The van der Waals surface area contributed by atoms with E-state index in [1.54, 1.807) is 17.0 Å². The van der Waals surface area contributed by atoms with Crippen molar-refractivity contribution in [2.75, 3.05) is 36.8 Å². The number of hydrogen-bond donors (Lipinski definition) is 2. The molecule has 39 heavy (non-hydrogen) atoms. The highest BCUT2D eigenvalue weighted by atomic mass is 32.2. The van der Waals surface area contributed by atoms with Crippen molar-refractivity contribution in [3.05, 3.63) is 71.0 Å². The van der Waals surface area contributed by atoms with Crippen LogP contribution in [0.4, 0.5) is 10.1 Å². The van der Waals surface area contributed by atoms with Crippen LogP contribution in [0.1, 0.15) is 6.92 Å². The van der Waals surface area contributed by atoms with Crippen LogP contribution in [-0.2, 0) is 16.3 Å². The van der Waals surface area contributed by atoms with E-state index in [0.717, 1.165) is 5.56 Å². The molecule has 5 rings (SSSR count). The first-order valence-electron chi connectivity index (χ1n) is 12.3. The summed E-state index contributed by atoms with van der Waals surface area (Å²) < 4.78 is 21.3. The zero-order valence-electron chi connectivity index (χ0n) is 21.1. The molecule has 1 saturated heterocycles. The van der Waals surface area contributed by atoms with E-state index in [9.17, 15) is 14.4 Å². The second-order valence-corrected chi connectivity index (χ2v) is 9.83. The summed E-state index contributed by atoms with van der Waals surface area (Å²) in [6.07, 6.45) is 1.43. The minimum absolute atomic E-state index is 0.000415. The number of thioether (sulfide) groups is 1. The summed E-state index contributed by atoms with van der Waals surface area (Å²) in [6, 6.07) is 14.2. The van der Waals surface area contributed by atoms with Gasteiger partial charge in [0.2, 0.25) is 17.0 Å². The average molecular weight is 552 g/mol. The highest BCUT2D eigenvalue weighted by Gasteiger charge is 2.24. The van der Waals surface area contributed by atoms with E-state index in [1.165, 1.54) is 35.7 Å². The molecule has 4 aromatic rings. The maximum absolute atomic E-state index is 15.1. The van der Waals surface area contributed by atoms with Crippen LogP contribution < -0.4 is 15.8 Å². The van der Waals surface area contributed by atoms with E-state index in [1.807, 2.05) is 35.2 Å². The molecule has 0 radical (unpaired) electrons. The second kappa shape index (κ2) is 11.6. The quantitative estimate of drug-likeness (QED) is 0.320. The molecule has 1 aliphatic rings. The lowest BCUT2D eigenvalue weighted by atomic mass is 10.1. The van der Waals surface area contributed by atoms with Gasteiger partial charge in [-0.25, -0.2) is 14.2 Å². The summed E-state index contributed by atoms with van der Waals surface area (Å²) in [5.74, 6) is 0.0820. The van der Waals surface area contributed by atoms with Crippen LogP contribution in [0.2, 0.25) is 0 Å². The average Bonchev–Trinajstić information content (AvgIpc) is 3.58. The van der Waals surface area contributed by atoms with E-state index in [-0.39, 0.29) is 29.8 Å². The third kappa shape index (κ3) is 6.20. The molecule has 2 N–H and O–H groups in total. The number of aromatic nitrogens is 4. The molecule has 0 bridgehead atoms. The number of halogens is 1. The molecule has 0 saturated carbocycles. The SMILES string of the molecule is CC(=O)NCn1cc(-c2ccc(N3CCN(C(=O)CSc4n[nH]c(-c5ccccc5)n4)CC3)c(F)c2)c(=O)o1. The lowest BCUT2D eigenvalue weighted by Crippen LogP contribution is -2.49. The highest BCUT2D eigenvalue weighted by Crippen LogP contribution is 2.26. The Bertz CT molecular complexity index is 1530. The predicted molar refractivity (Wildman–Crippen MR) is 144 cm³/mol. The number of anilines is 1. The first-order chi connectivity index (χ1) is 18.9. The first-order valence-corrected chi connectivity index (χ1v) is 13.2. The fraction of sp³-hybridized carbons (Fsp3) is 0.269. The summed E-state index contributed by atoms with van der Waals surface area (Å²) in [7, 11) is 0. The minimum Gasteiger partial charge on any atom is -0.366 e. The summed E-state index contributed by atoms with van der Waals surface area (Å²) in [5.41, 5.74) is 1.26. The number of nitrogens with one attached hydrogen (secondary N) is 2. The summed E-state index contributed by atoms with van der Waals surface area (Å²) in [4.78, 5) is 44.1. The van der Waals surface area contributed by atoms with Gasteiger partial charge >= 0.3 is 5.63 Å². The number of nitrogens with zero attached hydrogens (tertiary/aromatic N) is 5. The van der Waals surface area contributed by atoms with Crippen LogP contribution in [-0.4, -0.2) is 68.6 Å². The molecule has 11 nitrogen and oxygen atoms in total. The zero-order valence-corrected chi connectivity index (χ0v) is 21.9. The molecule has 3 heterocycles. The van der Waals surface area contributed by atoms with Crippen molar-refractivity contribution in [2.45, 2.75) is 18.7 Å². The minimum atomic E-state index is -0.626. The fourth-order valence-corrected chi connectivity index (χ4v) is 4.92. The van der Waals surface area contributed by atoms with E-state index in [2.05, 4.69) is 20.5 Å². The van der Waals surface area contributed by atoms with Crippen LogP contribution >= 0.6 is 11.8 Å². The van der Waals surface area contributed by atoms with Crippen molar-refractivity contribution in [3.63, 3.8) is 0 Å². The standard InChI is InChI=1S/C26H26FN7O4S/c1-17(35)28-16-34-14-20(25(37)38-34)19-7-8-22(21(27)13-19)32-9-11-33(12-10-32)23(36)15-39-26-29-24(30-31-26)18-5-3-2-4-6-18/h2-8,13-14H,9-12,15-16H2,1H3,(H,28,35)(H,29,30,31). The lowest BCUT2D eigenvalue weighted by Gasteiger charge is -2.36. The molecule has 2 aromatic carbocycles. The van der Waals surface area contributed by atoms with Gasteiger partial charge in [0.25, 0.3) is 0 Å². The van der Waals surface area contributed by atoms with E-state index in [0.29, 0.717) is 48.4 Å². The van der Waals surface area contributed by atoms with E-state index in [4.69, 9.17) is 4.52 Å². The number of piperazine rings is 1. The fourth-order valence-electron chi connectivity index (χ4n) is 4.22. The number of hydrogen-bond acceptors (Lipinski definition) is 8. The van der Waals surface area contributed by atoms with E-state index >= 15 is 4.39 Å². The molecule has 0 aliphatic carbocycles. The van der Waals surface area contributed by atoms with Crippen molar-refractivity contribution >= 4 is 29.3 Å². The maximum atomic E-state index is 15.1. The van der Waals surface area contributed by atoms with Gasteiger partial charge in [-0.2, -0.15) is 4.74 Å². The van der Waals surface area contributed by atoms with Crippen LogP contribution in [0.5, 0.6) is 0 Å². The molecule has 0 spiro atoms. The molecule has 202 valence electrons. The number of benzene rings is 2. The third-order valence-corrected chi connectivity index (χ3v) is 7.08. The van der Waals surface area contributed by atoms with Gasteiger partial charge in [0, 0.05) is 38.7 Å². The Labute approximate surface area is 227 Å². The van der Waals surface area contributed by atoms with Gasteiger partial charge < -0.3 is 19.6 Å². The van der Waals surface area contributed by atoms with Crippen LogP contribution in [0, 0.1) is 5.82 Å². The molecule has 2 aromatic heterocycles. The lowest BCUT2D eigenvalue weighted by molar-refractivity contribution is -0.128. The third-order valence-electron chi connectivity index (χ3n) is 6.25. The Morgan fingerprint density at radius 1 is 1.10 bits per heavy atom. The van der Waals surface area contributed by atoms with Gasteiger partial charge in [-0.05, 0) is 17.7 Å². The Balaban J connectivity index is 1.15. The summed E-state index contributed by atoms with van der Waals surface area (Å²) in [6.45, 7) is 3.21.